The topological polar surface area (TPSA) is 50.1 Å². The zero-order valence-electron chi connectivity index (χ0n) is 13.8. The Kier molecular flexibility index (Phi) is 4.76. The summed E-state index contributed by atoms with van der Waals surface area (Å²) in [4.78, 5) is 13.5. The van der Waals surface area contributed by atoms with E-state index < -0.39 is 0 Å². The van der Waals surface area contributed by atoms with Crippen molar-refractivity contribution in [2.45, 2.75) is 6.54 Å². The van der Waals surface area contributed by atoms with Gasteiger partial charge in [0.05, 0.1) is 0 Å². The van der Waals surface area contributed by atoms with Gasteiger partial charge in [-0.1, -0.05) is 34.1 Å². The average molecular weight is 399 g/mol. The summed E-state index contributed by atoms with van der Waals surface area (Å²) in [5, 5.41) is 4.24. The lowest BCUT2D eigenvalue weighted by Crippen LogP contribution is -2.46. The minimum absolute atomic E-state index is 0.797. The standard InChI is InChI=1S/C18H19BrN6/c19-16-5-2-1-4-15(16)13-23-8-10-24(11-9-23)17-12-18(21-14-20-17)25-7-3-6-22-25/h1-7,12,14H,8-11,13H2. The van der Waals surface area contributed by atoms with E-state index in [4.69, 9.17) is 0 Å². The fourth-order valence-corrected chi connectivity index (χ4v) is 3.45. The number of halogens is 1. The SMILES string of the molecule is Brc1ccccc1CN1CCN(c2cc(-n3cccn3)ncn2)CC1. The third kappa shape index (κ3) is 3.72. The van der Waals surface area contributed by atoms with Crippen LogP contribution in [0.1, 0.15) is 5.56 Å². The number of hydrogen-bond acceptors (Lipinski definition) is 5. The molecule has 1 aliphatic rings. The van der Waals surface area contributed by atoms with Crippen molar-refractivity contribution in [2.24, 2.45) is 0 Å². The Labute approximate surface area is 155 Å². The molecule has 0 atom stereocenters. The van der Waals surface area contributed by atoms with Gasteiger partial charge in [0.1, 0.15) is 12.1 Å². The third-order valence-corrected chi connectivity index (χ3v) is 5.20. The summed E-state index contributed by atoms with van der Waals surface area (Å²) in [6.07, 6.45) is 5.25. The second kappa shape index (κ2) is 7.33. The first-order valence-corrected chi connectivity index (χ1v) is 9.12. The monoisotopic (exact) mass is 398 g/mol. The molecule has 0 spiro atoms. The molecule has 2 aromatic heterocycles. The van der Waals surface area contributed by atoms with Gasteiger partial charge in [-0.25, -0.2) is 14.6 Å². The number of hydrogen-bond donors (Lipinski definition) is 0. The van der Waals surface area contributed by atoms with Gasteiger partial charge in [-0.05, 0) is 17.7 Å². The van der Waals surface area contributed by atoms with Crippen molar-refractivity contribution in [3.05, 3.63) is 65.2 Å². The smallest absolute Gasteiger partial charge is 0.158 e. The number of benzene rings is 1. The Bertz CT molecular complexity index is 827. The fraction of sp³-hybridized carbons (Fsp3) is 0.278. The van der Waals surface area contributed by atoms with Crippen molar-refractivity contribution >= 4 is 21.7 Å². The van der Waals surface area contributed by atoms with Gasteiger partial charge in [-0.2, -0.15) is 5.10 Å². The number of piperazine rings is 1. The second-order valence-corrected chi connectivity index (χ2v) is 6.89. The molecule has 128 valence electrons. The maximum Gasteiger partial charge on any atom is 0.158 e. The van der Waals surface area contributed by atoms with Crippen LogP contribution in [0.4, 0.5) is 5.82 Å². The summed E-state index contributed by atoms with van der Waals surface area (Å²) < 4.78 is 2.94. The van der Waals surface area contributed by atoms with Crippen molar-refractivity contribution < 1.29 is 0 Å². The van der Waals surface area contributed by atoms with Crippen molar-refractivity contribution in [2.75, 3.05) is 31.1 Å². The van der Waals surface area contributed by atoms with E-state index in [0.29, 0.717) is 0 Å². The van der Waals surface area contributed by atoms with Gasteiger partial charge in [0.15, 0.2) is 5.82 Å². The van der Waals surface area contributed by atoms with Crippen LogP contribution in [0.15, 0.2) is 59.6 Å². The molecule has 0 N–H and O–H groups in total. The van der Waals surface area contributed by atoms with Crippen LogP contribution in [0.5, 0.6) is 0 Å². The molecule has 0 amide bonds. The van der Waals surface area contributed by atoms with Crippen molar-refractivity contribution in [1.82, 2.24) is 24.6 Å². The minimum atomic E-state index is 0.797. The first-order chi connectivity index (χ1) is 12.3. The lowest BCUT2D eigenvalue weighted by molar-refractivity contribution is 0.249. The molecule has 7 heteroatoms. The molecule has 1 aromatic carbocycles. The van der Waals surface area contributed by atoms with Crippen LogP contribution in [0, 0.1) is 0 Å². The Morgan fingerprint density at radius 3 is 2.52 bits per heavy atom. The number of nitrogens with zero attached hydrogens (tertiary/aromatic N) is 6. The van der Waals surface area contributed by atoms with Crippen LogP contribution < -0.4 is 4.90 Å². The summed E-state index contributed by atoms with van der Waals surface area (Å²) in [6, 6.07) is 12.3. The van der Waals surface area contributed by atoms with E-state index in [1.165, 1.54) is 10.0 Å². The first kappa shape index (κ1) is 16.2. The van der Waals surface area contributed by atoms with Crippen LogP contribution in [0.25, 0.3) is 5.82 Å². The highest BCUT2D eigenvalue weighted by Crippen LogP contribution is 2.20. The van der Waals surface area contributed by atoms with Gasteiger partial charge in [0.25, 0.3) is 0 Å². The highest BCUT2D eigenvalue weighted by atomic mass is 79.9. The van der Waals surface area contributed by atoms with Gasteiger partial charge in [0.2, 0.25) is 0 Å². The predicted molar refractivity (Wildman–Crippen MR) is 101 cm³/mol. The lowest BCUT2D eigenvalue weighted by atomic mass is 10.2. The van der Waals surface area contributed by atoms with Crippen LogP contribution in [0.2, 0.25) is 0 Å². The van der Waals surface area contributed by atoms with Crippen LogP contribution in [-0.4, -0.2) is 50.8 Å². The van der Waals surface area contributed by atoms with E-state index in [0.717, 1.165) is 44.4 Å². The average Bonchev–Trinajstić information content (AvgIpc) is 3.19. The van der Waals surface area contributed by atoms with E-state index >= 15 is 0 Å². The first-order valence-electron chi connectivity index (χ1n) is 8.32. The van der Waals surface area contributed by atoms with E-state index in [1.54, 1.807) is 17.2 Å². The van der Waals surface area contributed by atoms with Gasteiger partial charge < -0.3 is 4.90 Å². The predicted octanol–water partition coefficient (Wildman–Crippen LogP) is 2.75. The lowest BCUT2D eigenvalue weighted by Gasteiger charge is -2.35. The maximum absolute atomic E-state index is 4.44. The van der Waals surface area contributed by atoms with E-state index in [1.807, 2.05) is 18.3 Å². The molecule has 0 aliphatic carbocycles. The molecule has 0 bridgehead atoms. The summed E-state index contributed by atoms with van der Waals surface area (Å²) in [6.45, 7) is 4.92. The zero-order chi connectivity index (χ0) is 17.1. The number of aromatic nitrogens is 4. The second-order valence-electron chi connectivity index (χ2n) is 6.04. The number of rotatable bonds is 4. The molecule has 0 radical (unpaired) electrons. The zero-order valence-corrected chi connectivity index (χ0v) is 15.4. The van der Waals surface area contributed by atoms with Gasteiger partial charge in [-0.3, -0.25) is 4.90 Å². The van der Waals surface area contributed by atoms with E-state index in [2.05, 4.69) is 65.1 Å². The summed E-state index contributed by atoms with van der Waals surface area (Å²) in [5.74, 6) is 1.76. The highest BCUT2D eigenvalue weighted by molar-refractivity contribution is 9.10. The summed E-state index contributed by atoms with van der Waals surface area (Å²) in [5.41, 5.74) is 1.33. The minimum Gasteiger partial charge on any atom is -0.354 e. The highest BCUT2D eigenvalue weighted by Gasteiger charge is 2.19. The van der Waals surface area contributed by atoms with Gasteiger partial charge in [0, 0.05) is 55.7 Å². The largest absolute Gasteiger partial charge is 0.354 e. The molecule has 0 unspecified atom stereocenters. The molecule has 1 aliphatic heterocycles. The van der Waals surface area contributed by atoms with Crippen LogP contribution in [-0.2, 0) is 6.54 Å². The normalized spacial score (nSPS) is 15.5. The van der Waals surface area contributed by atoms with Gasteiger partial charge >= 0.3 is 0 Å². The van der Waals surface area contributed by atoms with Gasteiger partial charge in [-0.15, -0.1) is 0 Å². The molecule has 0 saturated carbocycles. The molecule has 1 saturated heterocycles. The third-order valence-electron chi connectivity index (χ3n) is 4.43. The molecule has 25 heavy (non-hydrogen) atoms. The Hall–Kier alpha value is -2.25. The molecular formula is C18H19BrN6. The van der Waals surface area contributed by atoms with Crippen LogP contribution in [0.3, 0.4) is 0 Å². The summed E-state index contributed by atoms with van der Waals surface area (Å²) in [7, 11) is 0. The maximum atomic E-state index is 4.44. The van der Waals surface area contributed by atoms with E-state index in [-0.39, 0.29) is 0 Å². The molecular weight excluding hydrogens is 380 g/mol. The van der Waals surface area contributed by atoms with Crippen molar-refractivity contribution in [3.63, 3.8) is 0 Å². The van der Waals surface area contributed by atoms with E-state index in [9.17, 15) is 0 Å². The fourth-order valence-electron chi connectivity index (χ4n) is 3.04. The molecule has 6 nitrogen and oxygen atoms in total. The Morgan fingerprint density at radius 1 is 0.960 bits per heavy atom. The number of anilines is 1. The molecule has 4 rings (SSSR count). The van der Waals surface area contributed by atoms with Crippen molar-refractivity contribution in [3.8, 4) is 5.82 Å². The Balaban J connectivity index is 1.40. The molecule has 1 fully saturated rings. The van der Waals surface area contributed by atoms with Crippen LogP contribution >= 0.6 is 15.9 Å². The molecule has 3 aromatic rings. The Morgan fingerprint density at radius 2 is 1.76 bits per heavy atom. The van der Waals surface area contributed by atoms with Crippen molar-refractivity contribution in [1.29, 1.82) is 0 Å². The molecule has 3 heterocycles. The quantitative estimate of drug-likeness (QED) is 0.676. The summed E-state index contributed by atoms with van der Waals surface area (Å²) >= 11 is 3.64.